The largest absolute Gasteiger partial charge is 0.314 e. The Hall–Kier alpha value is -0.630. The standard InChI is InChI=1S/C9H16N2/c1-8(2)11-7-9-3-5-10-6-4-9/h3,5-6,8-9,11H,4,7H2,1-2H3. The Balaban J connectivity index is 2.17. The van der Waals surface area contributed by atoms with Crippen LogP contribution in [0.15, 0.2) is 17.3 Å². The van der Waals surface area contributed by atoms with Crippen molar-refractivity contribution < 1.29 is 0 Å². The highest BCUT2D eigenvalue weighted by molar-refractivity contribution is 5.60. The maximum absolute atomic E-state index is 4.02. The Morgan fingerprint density at radius 3 is 3.00 bits per heavy atom. The van der Waals surface area contributed by atoms with Gasteiger partial charge in [-0.15, -0.1) is 0 Å². The van der Waals surface area contributed by atoms with Gasteiger partial charge in [-0.2, -0.15) is 0 Å². The molecule has 1 aliphatic rings. The molecule has 2 heteroatoms. The van der Waals surface area contributed by atoms with E-state index in [0.717, 1.165) is 13.0 Å². The monoisotopic (exact) mass is 152 g/mol. The zero-order valence-electron chi connectivity index (χ0n) is 7.25. The first-order valence-corrected chi connectivity index (χ1v) is 4.20. The molecule has 0 aliphatic carbocycles. The summed E-state index contributed by atoms with van der Waals surface area (Å²) in [7, 11) is 0. The molecule has 1 atom stereocenters. The van der Waals surface area contributed by atoms with E-state index in [1.54, 1.807) is 0 Å². The van der Waals surface area contributed by atoms with Crippen LogP contribution in [-0.2, 0) is 0 Å². The predicted molar refractivity (Wildman–Crippen MR) is 48.9 cm³/mol. The molecule has 0 aromatic carbocycles. The second-order valence-corrected chi connectivity index (χ2v) is 3.23. The van der Waals surface area contributed by atoms with Crippen molar-refractivity contribution in [3.8, 4) is 0 Å². The lowest BCUT2D eigenvalue weighted by molar-refractivity contribution is 0.518. The zero-order chi connectivity index (χ0) is 8.10. The Morgan fingerprint density at radius 2 is 2.45 bits per heavy atom. The van der Waals surface area contributed by atoms with E-state index in [1.807, 2.05) is 12.4 Å². The molecule has 0 radical (unpaired) electrons. The first-order valence-electron chi connectivity index (χ1n) is 4.20. The van der Waals surface area contributed by atoms with Crippen molar-refractivity contribution in [3.05, 3.63) is 12.3 Å². The Kier molecular flexibility index (Phi) is 3.30. The molecular weight excluding hydrogens is 136 g/mol. The molecule has 0 saturated heterocycles. The van der Waals surface area contributed by atoms with Gasteiger partial charge in [-0.25, -0.2) is 0 Å². The van der Waals surface area contributed by atoms with Gasteiger partial charge in [0.05, 0.1) is 0 Å². The van der Waals surface area contributed by atoms with Crippen molar-refractivity contribution in [1.82, 2.24) is 5.32 Å². The van der Waals surface area contributed by atoms with Crippen molar-refractivity contribution in [2.24, 2.45) is 10.9 Å². The lowest BCUT2D eigenvalue weighted by atomic mass is 10.0. The summed E-state index contributed by atoms with van der Waals surface area (Å²) >= 11 is 0. The molecule has 0 amide bonds. The topological polar surface area (TPSA) is 24.4 Å². The third-order valence-electron chi connectivity index (χ3n) is 1.75. The second kappa shape index (κ2) is 4.29. The molecule has 1 unspecified atom stereocenters. The second-order valence-electron chi connectivity index (χ2n) is 3.23. The highest BCUT2D eigenvalue weighted by atomic mass is 14.9. The molecule has 0 aromatic heterocycles. The first-order chi connectivity index (χ1) is 5.29. The molecule has 0 aromatic rings. The number of hydrogen-bond donors (Lipinski definition) is 1. The molecule has 1 aliphatic heterocycles. The fraction of sp³-hybridized carbons (Fsp3) is 0.667. The van der Waals surface area contributed by atoms with Gasteiger partial charge in [0, 0.05) is 25.0 Å². The number of nitrogens with zero attached hydrogens (tertiary/aromatic N) is 1. The third kappa shape index (κ3) is 3.33. The van der Waals surface area contributed by atoms with Crippen molar-refractivity contribution in [2.45, 2.75) is 26.3 Å². The van der Waals surface area contributed by atoms with Crippen molar-refractivity contribution in [1.29, 1.82) is 0 Å². The first kappa shape index (κ1) is 8.47. The molecule has 11 heavy (non-hydrogen) atoms. The van der Waals surface area contributed by atoms with E-state index >= 15 is 0 Å². The van der Waals surface area contributed by atoms with Gasteiger partial charge >= 0.3 is 0 Å². The molecule has 0 saturated carbocycles. The van der Waals surface area contributed by atoms with Gasteiger partial charge in [0.15, 0.2) is 0 Å². The molecule has 1 rings (SSSR count). The number of rotatable bonds is 3. The van der Waals surface area contributed by atoms with Crippen LogP contribution in [0.1, 0.15) is 20.3 Å². The van der Waals surface area contributed by atoms with Crippen LogP contribution in [-0.4, -0.2) is 18.8 Å². The van der Waals surface area contributed by atoms with Gasteiger partial charge in [0.25, 0.3) is 0 Å². The lowest BCUT2D eigenvalue weighted by Gasteiger charge is -2.15. The van der Waals surface area contributed by atoms with E-state index in [1.165, 1.54) is 0 Å². The fourth-order valence-corrected chi connectivity index (χ4v) is 1.05. The Morgan fingerprint density at radius 1 is 1.64 bits per heavy atom. The molecule has 0 spiro atoms. The minimum absolute atomic E-state index is 0.585. The molecule has 62 valence electrons. The summed E-state index contributed by atoms with van der Waals surface area (Å²) in [5, 5.41) is 3.40. The average Bonchev–Trinajstić information content (AvgIpc) is 2.03. The summed E-state index contributed by atoms with van der Waals surface area (Å²) in [5.41, 5.74) is 0. The maximum Gasteiger partial charge on any atom is 0.0227 e. The maximum atomic E-state index is 4.02. The summed E-state index contributed by atoms with van der Waals surface area (Å²) in [4.78, 5) is 4.02. The van der Waals surface area contributed by atoms with E-state index in [0.29, 0.717) is 12.0 Å². The van der Waals surface area contributed by atoms with Crippen molar-refractivity contribution in [2.75, 3.05) is 6.54 Å². The van der Waals surface area contributed by atoms with E-state index < -0.39 is 0 Å². The van der Waals surface area contributed by atoms with E-state index in [9.17, 15) is 0 Å². The van der Waals surface area contributed by atoms with Crippen LogP contribution >= 0.6 is 0 Å². The van der Waals surface area contributed by atoms with Crippen LogP contribution in [0.5, 0.6) is 0 Å². The minimum Gasteiger partial charge on any atom is -0.314 e. The van der Waals surface area contributed by atoms with E-state index in [2.05, 4.69) is 30.2 Å². The van der Waals surface area contributed by atoms with Crippen LogP contribution in [0, 0.1) is 5.92 Å². The average molecular weight is 152 g/mol. The predicted octanol–water partition coefficient (Wildman–Crippen LogP) is 1.59. The molecular formula is C9H16N2. The van der Waals surface area contributed by atoms with Gasteiger partial charge in [0.1, 0.15) is 0 Å². The molecule has 0 bridgehead atoms. The van der Waals surface area contributed by atoms with Crippen LogP contribution < -0.4 is 5.32 Å². The van der Waals surface area contributed by atoms with Gasteiger partial charge in [-0.05, 0) is 12.3 Å². The summed E-state index contributed by atoms with van der Waals surface area (Å²) < 4.78 is 0. The molecule has 1 N–H and O–H groups in total. The van der Waals surface area contributed by atoms with Crippen LogP contribution in [0.2, 0.25) is 0 Å². The summed E-state index contributed by atoms with van der Waals surface area (Å²) in [6.07, 6.45) is 7.11. The SMILES string of the molecule is CC(C)NCC1C=CN=CC1. The van der Waals surface area contributed by atoms with Gasteiger partial charge in [0.2, 0.25) is 0 Å². The zero-order valence-corrected chi connectivity index (χ0v) is 7.25. The highest BCUT2D eigenvalue weighted by Gasteiger charge is 2.05. The molecule has 2 nitrogen and oxygen atoms in total. The normalized spacial score (nSPS) is 23.0. The number of hydrogen-bond acceptors (Lipinski definition) is 2. The van der Waals surface area contributed by atoms with Gasteiger partial charge < -0.3 is 5.32 Å². The Labute approximate surface area is 68.4 Å². The molecule has 0 fully saturated rings. The van der Waals surface area contributed by atoms with Crippen LogP contribution in [0.25, 0.3) is 0 Å². The Bertz CT molecular complexity index is 159. The van der Waals surface area contributed by atoms with Crippen molar-refractivity contribution in [3.63, 3.8) is 0 Å². The van der Waals surface area contributed by atoms with Gasteiger partial charge in [-0.1, -0.05) is 19.9 Å². The fourth-order valence-electron chi connectivity index (χ4n) is 1.05. The minimum atomic E-state index is 0.585. The lowest BCUT2D eigenvalue weighted by Crippen LogP contribution is -2.28. The quantitative estimate of drug-likeness (QED) is 0.652. The van der Waals surface area contributed by atoms with Crippen molar-refractivity contribution >= 4 is 6.21 Å². The summed E-state index contributed by atoms with van der Waals surface area (Å²) in [5.74, 6) is 0.648. The van der Waals surface area contributed by atoms with E-state index in [4.69, 9.17) is 0 Å². The summed E-state index contributed by atoms with van der Waals surface area (Å²) in [6.45, 7) is 5.40. The third-order valence-corrected chi connectivity index (χ3v) is 1.75. The number of aliphatic imine (C=N–C) groups is 1. The van der Waals surface area contributed by atoms with E-state index in [-0.39, 0.29) is 0 Å². The highest BCUT2D eigenvalue weighted by Crippen LogP contribution is 2.06. The van der Waals surface area contributed by atoms with Crippen LogP contribution in [0.4, 0.5) is 0 Å². The molecule has 1 heterocycles. The smallest absolute Gasteiger partial charge is 0.0227 e. The van der Waals surface area contributed by atoms with Gasteiger partial charge in [-0.3, -0.25) is 4.99 Å². The van der Waals surface area contributed by atoms with Crippen LogP contribution in [0.3, 0.4) is 0 Å². The number of nitrogens with one attached hydrogen (secondary N) is 1. The summed E-state index contributed by atoms with van der Waals surface area (Å²) in [6, 6.07) is 0.585.